The van der Waals surface area contributed by atoms with Crippen LogP contribution in [0.2, 0.25) is 0 Å². The summed E-state index contributed by atoms with van der Waals surface area (Å²) in [6, 6.07) is 8.65. The molecule has 146 valence electrons. The van der Waals surface area contributed by atoms with Crippen LogP contribution < -0.4 is 10.2 Å². The van der Waals surface area contributed by atoms with Gasteiger partial charge in [-0.05, 0) is 30.4 Å². The van der Waals surface area contributed by atoms with Gasteiger partial charge in [0.1, 0.15) is 0 Å². The van der Waals surface area contributed by atoms with Crippen molar-refractivity contribution in [3.8, 4) is 0 Å². The summed E-state index contributed by atoms with van der Waals surface area (Å²) in [5, 5.41) is 6.22. The van der Waals surface area contributed by atoms with E-state index in [1.165, 1.54) is 5.56 Å². The summed E-state index contributed by atoms with van der Waals surface area (Å²) < 4.78 is 0. The van der Waals surface area contributed by atoms with Crippen LogP contribution in [-0.4, -0.2) is 48.5 Å². The minimum atomic E-state index is 0.0298. The van der Waals surface area contributed by atoms with E-state index in [-0.39, 0.29) is 11.9 Å². The largest absolute Gasteiger partial charge is 0.348 e. The van der Waals surface area contributed by atoms with Gasteiger partial charge in [0.05, 0.1) is 12.6 Å². The van der Waals surface area contributed by atoms with Crippen LogP contribution in [-0.2, 0) is 11.2 Å². The molecule has 2 heterocycles. The Balaban J connectivity index is 1.43. The molecule has 1 amide bonds. The molecule has 1 aliphatic rings. The van der Waals surface area contributed by atoms with Crippen molar-refractivity contribution >= 4 is 22.4 Å². The topological polar surface area (TPSA) is 48.5 Å². The summed E-state index contributed by atoms with van der Waals surface area (Å²) in [5.41, 5.74) is 2.51. The summed E-state index contributed by atoms with van der Waals surface area (Å²) in [4.78, 5) is 21.3. The first-order valence-electron chi connectivity index (χ1n) is 9.76. The van der Waals surface area contributed by atoms with Crippen molar-refractivity contribution in [3.05, 3.63) is 47.0 Å². The molecule has 0 aliphatic carbocycles. The van der Waals surface area contributed by atoms with Gasteiger partial charge in [0.2, 0.25) is 5.91 Å². The number of hydrogen-bond acceptors (Lipinski definition) is 5. The van der Waals surface area contributed by atoms with E-state index in [0.717, 1.165) is 43.3 Å². The highest BCUT2D eigenvalue weighted by molar-refractivity contribution is 7.13. The van der Waals surface area contributed by atoms with Gasteiger partial charge in [0.15, 0.2) is 5.13 Å². The van der Waals surface area contributed by atoms with Gasteiger partial charge in [-0.25, -0.2) is 4.98 Å². The van der Waals surface area contributed by atoms with Crippen LogP contribution in [0, 0.1) is 5.92 Å². The highest BCUT2D eigenvalue weighted by Crippen LogP contribution is 2.19. The zero-order valence-electron chi connectivity index (χ0n) is 16.5. The van der Waals surface area contributed by atoms with Crippen LogP contribution in [0.15, 0.2) is 35.8 Å². The third kappa shape index (κ3) is 5.78. The van der Waals surface area contributed by atoms with Crippen molar-refractivity contribution in [2.75, 3.05) is 37.6 Å². The lowest BCUT2D eigenvalue weighted by Gasteiger charge is -2.34. The van der Waals surface area contributed by atoms with Crippen LogP contribution in [0.25, 0.3) is 0 Å². The number of amides is 1. The Morgan fingerprint density at radius 1 is 1.15 bits per heavy atom. The van der Waals surface area contributed by atoms with E-state index in [1.807, 2.05) is 11.6 Å². The fourth-order valence-electron chi connectivity index (χ4n) is 3.46. The number of aromatic nitrogens is 1. The molecule has 0 spiro atoms. The number of nitrogens with one attached hydrogen (secondary N) is 1. The van der Waals surface area contributed by atoms with Crippen LogP contribution >= 0.6 is 11.3 Å². The molecule has 1 fully saturated rings. The molecular weight excluding hydrogens is 356 g/mol. The van der Waals surface area contributed by atoms with Crippen molar-refractivity contribution in [2.24, 2.45) is 5.92 Å². The predicted molar refractivity (Wildman–Crippen MR) is 112 cm³/mol. The Kier molecular flexibility index (Phi) is 6.85. The monoisotopic (exact) mass is 386 g/mol. The summed E-state index contributed by atoms with van der Waals surface area (Å²) in [5.74, 6) is 0.750. The number of thiazole rings is 1. The first kappa shape index (κ1) is 19.8. The SMILES string of the molecule is CC(C)Cc1ccc([C@H](C)NC(=O)CN2CCN(c3nccs3)CC2)cc1. The molecule has 6 heteroatoms. The molecule has 1 aromatic carbocycles. The van der Waals surface area contributed by atoms with Gasteiger partial charge < -0.3 is 10.2 Å². The second-order valence-corrected chi connectivity index (χ2v) is 8.58. The first-order chi connectivity index (χ1) is 13.0. The molecule has 0 saturated carbocycles. The molecule has 0 unspecified atom stereocenters. The number of carbonyl (C=O) groups is 1. The quantitative estimate of drug-likeness (QED) is 0.793. The van der Waals surface area contributed by atoms with Crippen molar-refractivity contribution in [1.29, 1.82) is 0 Å². The fraction of sp³-hybridized carbons (Fsp3) is 0.524. The normalized spacial score (nSPS) is 16.5. The maximum Gasteiger partial charge on any atom is 0.234 e. The molecule has 3 rings (SSSR count). The van der Waals surface area contributed by atoms with Crippen molar-refractivity contribution in [1.82, 2.24) is 15.2 Å². The molecule has 1 saturated heterocycles. The third-order valence-electron chi connectivity index (χ3n) is 4.93. The second kappa shape index (κ2) is 9.33. The number of benzene rings is 1. The van der Waals surface area contributed by atoms with E-state index in [0.29, 0.717) is 12.5 Å². The lowest BCUT2D eigenvalue weighted by Crippen LogP contribution is -2.49. The molecule has 5 nitrogen and oxygen atoms in total. The van der Waals surface area contributed by atoms with Crippen LogP contribution in [0.3, 0.4) is 0 Å². The molecule has 0 bridgehead atoms. The van der Waals surface area contributed by atoms with Gasteiger partial charge in [0.25, 0.3) is 0 Å². The molecule has 0 radical (unpaired) electrons. The third-order valence-corrected chi connectivity index (χ3v) is 5.76. The fourth-order valence-corrected chi connectivity index (χ4v) is 4.15. The Hall–Kier alpha value is -1.92. The minimum absolute atomic E-state index is 0.0298. The van der Waals surface area contributed by atoms with E-state index in [9.17, 15) is 4.79 Å². The zero-order valence-corrected chi connectivity index (χ0v) is 17.3. The van der Waals surface area contributed by atoms with Crippen LogP contribution in [0.4, 0.5) is 5.13 Å². The van der Waals surface area contributed by atoms with Gasteiger partial charge >= 0.3 is 0 Å². The van der Waals surface area contributed by atoms with Crippen LogP contribution in [0.1, 0.15) is 37.9 Å². The molecule has 27 heavy (non-hydrogen) atoms. The molecule has 1 atom stereocenters. The van der Waals surface area contributed by atoms with E-state index in [1.54, 1.807) is 11.3 Å². The number of rotatable bonds is 7. The molecule has 1 N–H and O–H groups in total. The zero-order chi connectivity index (χ0) is 19.2. The standard InChI is InChI=1S/C21H30N4OS/c1-16(2)14-18-4-6-19(7-5-18)17(3)23-20(26)15-24-9-11-25(12-10-24)21-22-8-13-27-21/h4-8,13,16-17H,9-12,14-15H2,1-3H3,(H,23,26)/t17-/m0/s1. The number of anilines is 1. The van der Waals surface area contributed by atoms with E-state index in [2.05, 4.69) is 65.1 Å². The Morgan fingerprint density at radius 2 is 1.85 bits per heavy atom. The van der Waals surface area contributed by atoms with Gasteiger partial charge in [-0.2, -0.15) is 0 Å². The van der Waals surface area contributed by atoms with Crippen LogP contribution in [0.5, 0.6) is 0 Å². The van der Waals surface area contributed by atoms with Gasteiger partial charge in [-0.1, -0.05) is 38.1 Å². The van der Waals surface area contributed by atoms with Gasteiger partial charge in [-0.15, -0.1) is 11.3 Å². The number of hydrogen-bond donors (Lipinski definition) is 1. The van der Waals surface area contributed by atoms with E-state index >= 15 is 0 Å². The van der Waals surface area contributed by atoms with E-state index in [4.69, 9.17) is 0 Å². The molecule has 2 aromatic rings. The highest BCUT2D eigenvalue weighted by Gasteiger charge is 2.21. The Labute approximate surface area is 166 Å². The average molecular weight is 387 g/mol. The Morgan fingerprint density at radius 3 is 2.44 bits per heavy atom. The van der Waals surface area contributed by atoms with Gasteiger partial charge in [0, 0.05) is 37.8 Å². The molecule has 1 aromatic heterocycles. The molecular formula is C21H30N4OS. The average Bonchev–Trinajstić information content (AvgIpc) is 3.17. The van der Waals surface area contributed by atoms with Crippen molar-refractivity contribution < 1.29 is 4.79 Å². The second-order valence-electron chi connectivity index (χ2n) is 7.71. The van der Waals surface area contributed by atoms with Gasteiger partial charge in [-0.3, -0.25) is 9.69 Å². The Bertz CT molecular complexity index is 706. The first-order valence-corrected chi connectivity index (χ1v) is 10.6. The van der Waals surface area contributed by atoms with Crippen molar-refractivity contribution in [2.45, 2.75) is 33.2 Å². The number of nitrogens with zero attached hydrogens (tertiary/aromatic N) is 3. The maximum absolute atomic E-state index is 12.4. The summed E-state index contributed by atoms with van der Waals surface area (Å²) in [6.07, 6.45) is 2.94. The smallest absolute Gasteiger partial charge is 0.234 e. The molecule has 1 aliphatic heterocycles. The summed E-state index contributed by atoms with van der Waals surface area (Å²) >= 11 is 1.67. The highest BCUT2D eigenvalue weighted by atomic mass is 32.1. The predicted octanol–water partition coefficient (Wildman–Crippen LogP) is 3.34. The minimum Gasteiger partial charge on any atom is -0.348 e. The lowest BCUT2D eigenvalue weighted by atomic mass is 10.00. The summed E-state index contributed by atoms with van der Waals surface area (Å²) in [6.45, 7) is 10.6. The number of piperazine rings is 1. The van der Waals surface area contributed by atoms with E-state index < -0.39 is 0 Å². The lowest BCUT2D eigenvalue weighted by molar-refractivity contribution is -0.123. The summed E-state index contributed by atoms with van der Waals surface area (Å²) in [7, 11) is 0. The number of carbonyl (C=O) groups excluding carboxylic acids is 1. The maximum atomic E-state index is 12.4. The van der Waals surface area contributed by atoms with Crippen molar-refractivity contribution in [3.63, 3.8) is 0 Å².